The Bertz CT molecular complexity index is 925. The third-order valence-corrected chi connectivity index (χ3v) is 5.36. The van der Waals surface area contributed by atoms with Crippen molar-refractivity contribution in [3.05, 3.63) is 64.2 Å². The summed E-state index contributed by atoms with van der Waals surface area (Å²) in [6.45, 7) is 2.37. The Morgan fingerprint density at radius 2 is 1.54 bits per heavy atom. The normalized spacial score (nSPS) is 16.1. The number of rotatable bonds is 2. The van der Waals surface area contributed by atoms with Crippen LogP contribution in [0.4, 0.5) is 5.69 Å². The summed E-state index contributed by atoms with van der Waals surface area (Å²) in [6.07, 6.45) is 5.34. The summed E-state index contributed by atoms with van der Waals surface area (Å²) < 4.78 is 0. The molecule has 1 saturated heterocycles. The molecule has 0 bridgehead atoms. The molecule has 0 saturated carbocycles. The average Bonchev–Trinajstić information content (AvgIpc) is 2.99. The first-order valence-corrected chi connectivity index (χ1v) is 9.74. The molecule has 0 aromatic heterocycles. The van der Waals surface area contributed by atoms with Crippen LogP contribution in [0.5, 0.6) is 0 Å². The Morgan fingerprint density at radius 3 is 2.18 bits per heavy atom. The van der Waals surface area contributed by atoms with Crippen LogP contribution < -0.4 is 4.90 Å². The summed E-state index contributed by atoms with van der Waals surface area (Å²) in [5, 5.41) is 0.699. The van der Waals surface area contributed by atoms with E-state index >= 15 is 0 Å². The molecule has 0 atom stereocenters. The molecule has 1 fully saturated rings. The maximum Gasteiger partial charge on any atom is 0.373 e. The van der Waals surface area contributed by atoms with Gasteiger partial charge in [-0.3, -0.25) is 9.79 Å². The van der Waals surface area contributed by atoms with Gasteiger partial charge in [0.1, 0.15) is 6.54 Å². The second kappa shape index (κ2) is 9.45. The topological polar surface area (TPSA) is 66.8 Å². The van der Waals surface area contributed by atoms with E-state index in [0.717, 1.165) is 35.5 Å². The first-order chi connectivity index (χ1) is 13.7. The zero-order chi connectivity index (χ0) is 19.9. The molecule has 6 heteroatoms. The van der Waals surface area contributed by atoms with Crippen LogP contribution in [0.1, 0.15) is 47.2 Å². The van der Waals surface area contributed by atoms with E-state index in [4.69, 9.17) is 21.2 Å². The van der Waals surface area contributed by atoms with Gasteiger partial charge in [0.2, 0.25) is 0 Å². The number of nitrogens with zero attached hydrogens (tertiary/aromatic N) is 2. The number of fused-ring (bicyclic) bond motifs is 1. The average molecular weight is 397 g/mol. The smallest absolute Gasteiger partial charge is 0.371 e. The summed E-state index contributed by atoms with van der Waals surface area (Å²) in [4.78, 5) is 35.3. The Morgan fingerprint density at radius 1 is 0.893 bits per heavy atom. The van der Waals surface area contributed by atoms with Gasteiger partial charge in [-0.05, 0) is 31.0 Å². The van der Waals surface area contributed by atoms with Gasteiger partial charge in [-0.2, -0.15) is 9.59 Å². The number of hydrogen-bond acceptors (Lipinski definition) is 5. The maximum atomic E-state index is 12.1. The van der Waals surface area contributed by atoms with Crippen LogP contribution in [0, 0.1) is 0 Å². The number of carbonyl (C=O) groups is 1. The minimum absolute atomic E-state index is 0.0664. The molecule has 0 spiro atoms. The molecule has 0 amide bonds. The van der Waals surface area contributed by atoms with Gasteiger partial charge in [-0.1, -0.05) is 48.7 Å². The number of ketones is 1. The molecule has 5 nitrogen and oxygen atoms in total. The minimum Gasteiger partial charge on any atom is -0.371 e. The van der Waals surface area contributed by atoms with Crippen LogP contribution >= 0.6 is 11.6 Å². The zero-order valence-corrected chi connectivity index (χ0v) is 16.2. The van der Waals surface area contributed by atoms with Crippen LogP contribution in [-0.4, -0.2) is 37.3 Å². The van der Waals surface area contributed by atoms with Crippen LogP contribution in [0.3, 0.4) is 0 Å². The summed E-state index contributed by atoms with van der Waals surface area (Å²) >= 11 is 6.63. The van der Waals surface area contributed by atoms with Crippen molar-refractivity contribution < 1.29 is 14.4 Å². The van der Waals surface area contributed by atoms with Crippen molar-refractivity contribution in [3.8, 4) is 0 Å². The monoisotopic (exact) mass is 396 g/mol. The van der Waals surface area contributed by atoms with Crippen molar-refractivity contribution in [2.45, 2.75) is 25.7 Å². The molecule has 144 valence electrons. The lowest BCUT2D eigenvalue weighted by molar-refractivity contribution is -0.191. The lowest BCUT2D eigenvalue weighted by Crippen LogP contribution is -2.24. The summed E-state index contributed by atoms with van der Waals surface area (Å²) in [7, 11) is 0. The fraction of sp³-hybridized carbons (Fsp3) is 0.318. The third-order valence-electron chi connectivity index (χ3n) is 5.04. The van der Waals surface area contributed by atoms with Crippen LogP contribution in [0.15, 0.2) is 47.5 Å². The Labute approximate surface area is 169 Å². The van der Waals surface area contributed by atoms with E-state index in [1.165, 1.54) is 31.4 Å². The van der Waals surface area contributed by atoms with Crippen molar-refractivity contribution in [2.24, 2.45) is 4.99 Å². The predicted molar refractivity (Wildman–Crippen MR) is 108 cm³/mol. The van der Waals surface area contributed by atoms with Gasteiger partial charge in [-0.15, -0.1) is 0 Å². The molecule has 4 rings (SSSR count). The zero-order valence-electron chi connectivity index (χ0n) is 15.5. The molecule has 0 unspecified atom stereocenters. The van der Waals surface area contributed by atoms with Crippen LogP contribution in [0.2, 0.25) is 5.02 Å². The van der Waals surface area contributed by atoms with Gasteiger partial charge in [0, 0.05) is 35.5 Å². The van der Waals surface area contributed by atoms with Crippen molar-refractivity contribution in [2.75, 3.05) is 24.5 Å². The SMILES string of the molecule is O=C1CN=C(c2ccc(N3CCCCCC3)cc2Cl)c2ccccc21.O=C=O. The molecule has 0 radical (unpaired) electrons. The van der Waals surface area contributed by atoms with E-state index in [2.05, 4.69) is 16.0 Å². The highest BCUT2D eigenvalue weighted by atomic mass is 35.5. The number of anilines is 1. The van der Waals surface area contributed by atoms with E-state index in [0.29, 0.717) is 5.02 Å². The molecule has 0 aliphatic carbocycles. The highest BCUT2D eigenvalue weighted by Crippen LogP contribution is 2.29. The maximum absolute atomic E-state index is 12.1. The summed E-state index contributed by atoms with van der Waals surface area (Å²) in [6, 6.07) is 13.9. The number of Topliss-reactive ketones (excluding diaryl/α,β-unsaturated/α-hetero) is 1. The Kier molecular flexibility index (Phi) is 6.75. The molecule has 2 aromatic rings. The minimum atomic E-state index is 0.0664. The van der Waals surface area contributed by atoms with E-state index in [-0.39, 0.29) is 18.5 Å². The Balaban J connectivity index is 0.000000706. The predicted octanol–water partition coefficient (Wildman–Crippen LogP) is 4.17. The van der Waals surface area contributed by atoms with E-state index in [1.54, 1.807) is 0 Å². The summed E-state index contributed by atoms with van der Waals surface area (Å²) in [5.41, 5.74) is 4.52. The van der Waals surface area contributed by atoms with Crippen molar-refractivity contribution in [1.29, 1.82) is 0 Å². The van der Waals surface area contributed by atoms with Gasteiger partial charge in [0.25, 0.3) is 0 Å². The molecule has 0 N–H and O–H groups in total. The first-order valence-electron chi connectivity index (χ1n) is 9.37. The Hall–Kier alpha value is -2.75. The first kappa shape index (κ1) is 20.0. The van der Waals surface area contributed by atoms with Gasteiger partial charge in [0.05, 0.1) is 10.7 Å². The van der Waals surface area contributed by atoms with Crippen LogP contribution in [0.25, 0.3) is 0 Å². The third kappa shape index (κ3) is 4.38. The summed E-state index contributed by atoms with van der Waals surface area (Å²) in [5.74, 6) is 0.0664. The van der Waals surface area contributed by atoms with Crippen molar-refractivity contribution >= 4 is 34.9 Å². The molecule has 2 aliphatic rings. The molecular weight excluding hydrogens is 376 g/mol. The number of hydrogen-bond donors (Lipinski definition) is 0. The molecular formula is C22H21ClN2O3. The van der Waals surface area contributed by atoms with Crippen molar-refractivity contribution in [3.63, 3.8) is 0 Å². The van der Waals surface area contributed by atoms with E-state index in [1.807, 2.05) is 36.4 Å². The van der Waals surface area contributed by atoms with Gasteiger partial charge in [0.15, 0.2) is 5.78 Å². The fourth-order valence-corrected chi connectivity index (χ4v) is 3.97. The highest BCUT2D eigenvalue weighted by molar-refractivity contribution is 6.36. The number of aliphatic imine (C=N–C) groups is 1. The molecule has 2 heterocycles. The lowest BCUT2D eigenvalue weighted by Gasteiger charge is -2.24. The lowest BCUT2D eigenvalue weighted by atomic mass is 9.92. The quantitative estimate of drug-likeness (QED) is 0.764. The molecule has 28 heavy (non-hydrogen) atoms. The molecule has 2 aromatic carbocycles. The van der Waals surface area contributed by atoms with Gasteiger partial charge in [-0.25, -0.2) is 0 Å². The van der Waals surface area contributed by atoms with Crippen molar-refractivity contribution in [1.82, 2.24) is 0 Å². The number of benzene rings is 2. The van der Waals surface area contributed by atoms with E-state index < -0.39 is 0 Å². The van der Waals surface area contributed by atoms with E-state index in [9.17, 15) is 4.79 Å². The standard InChI is InChI=1S/C21H21ClN2O.CO2/c22-19-13-15(24-11-5-1-2-6-12-24)9-10-18(19)21-17-8-4-3-7-16(17)20(25)14-23-21;2-1-3/h3-4,7-10,13H,1-2,5-6,11-12,14H2;. The largest absolute Gasteiger partial charge is 0.373 e. The fourth-order valence-electron chi connectivity index (χ4n) is 3.71. The van der Waals surface area contributed by atoms with Gasteiger partial charge < -0.3 is 4.90 Å². The highest BCUT2D eigenvalue weighted by Gasteiger charge is 2.23. The second-order valence-electron chi connectivity index (χ2n) is 6.78. The van der Waals surface area contributed by atoms with Gasteiger partial charge >= 0.3 is 6.15 Å². The molecule has 2 aliphatic heterocycles. The van der Waals surface area contributed by atoms with Crippen LogP contribution in [-0.2, 0) is 9.59 Å². The number of halogens is 1. The number of carbonyl (C=O) groups excluding carboxylic acids is 3. The second-order valence-corrected chi connectivity index (χ2v) is 7.19.